The second kappa shape index (κ2) is 10.9. The maximum absolute atomic E-state index is 13.1. The fourth-order valence-corrected chi connectivity index (χ4v) is 3.74. The van der Waals surface area contributed by atoms with Gasteiger partial charge in [0.1, 0.15) is 0 Å². The van der Waals surface area contributed by atoms with Crippen molar-refractivity contribution in [2.24, 2.45) is 0 Å². The smallest absolute Gasteiger partial charge is 0.343 e. The lowest BCUT2D eigenvalue weighted by Gasteiger charge is -2.26. The van der Waals surface area contributed by atoms with E-state index in [4.69, 9.17) is 0 Å². The number of halogens is 6. The first-order valence-corrected chi connectivity index (χ1v) is 10.8. The van der Waals surface area contributed by atoms with Crippen LogP contribution in [0.5, 0.6) is 0 Å². The molecule has 0 aliphatic rings. The van der Waals surface area contributed by atoms with Crippen LogP contribution in [-0.4, -0.2) is 21.3 Å². The summed E-state index contributed by atoms with van der Waals surface area (Å²) >= 11 is 0. The van der Waals surface area contributed by atoms with Crippen LogP contribution < -0.4 is 0 Å². The van der Waals surface area contributed by atoms with Crippen LogP contribution in [0.25, 0.3) is 11.1 Å². The molecule has 0 aliphatic heterocycles. The van der Waals surface area contributed by atoms with Gasteiger partial charge in [-0.2, -0.15) is 26.3 Å². The van der Waals surface area contributed by atoms with E-state index in [1.807, 2.05) is 0 Å². The van der Waals surface area contributed by atoms with Gasteiger partial charge in [-0.05, 0) is 41.3 Å². The molecule has 0 saturated carbocycles. The highest BCUT2D eigenvalue weighted by atomic mass is 19.4. The summed E-state index contributed by atoms with van der Waals surface area (Å²) < 4.78 is 78.7. The standard InChI is InChI=1S/C24H28F6O3/c1-2-3-4-5-6-7-8-21(24(31,32)33)17-11-9-16(10-12-17)18-13-19(22(25,26)27)15-20(14-18)23(28,29)30/h9-15,21,31-33H,2-8H2,1H3. The molecule has 3 nitrogen and oxygen atoms in total. The summed E-state index contributed by atoms with van der Waals surface area (Å²) in [6.07, 6.45) is -4.03. The Morgan fingerprint density at radius 2 is 1.15 bits per heavy atom. The summed E-state index contributed by atoms with van der Waals surface area (Å²) in [5.74, 6) is -4.09. The molecule has 0 radical (unpaired) electrons. The predicted octanol–water partition coefficient (Wildman–Crippen LogP) is 6.86. The summed E-state index contributed by atoms with van der Waals surface area (Å²) in [6, 6.07) is 6.64. The van der Waals surface area contributed by atoms with Crippen molar-refractivity contribution in [2.45, 2.75) is 76.1 Å². The summed E-state index contributed by atoms with van der Waals surface area (Å²) in [5, 5.41) is 29.3. The molecule has 3 N–H and O–H groups in total. The molecule has 0 aliphatic carbocycles. The monoisotopic (exact) mass is 478 g/mol. The summed E-state index contributed by atoms with van der Waals surface area (Å²) in [5.41, 5.74) is -2.72. The van der Waals surface area contributed by atoms with Gasteiger partial charge in [0.05, 0.1) is 17.0 Å². The van der Waals surface area contributed by atoms with Crippen molar-refractivity contribution in [1.82, 2.24) is 0 Å². The third kappa shape index (κ3) is 8.01. The fourth-order valence-electron chi connectivity index (χ4n) is 3.74. The van der Waals surface area contributed by atoms with E-state index < -0.39 is 35.4 Å². The van der Waals surface area contributed by atoms with E-state index in [2.05, 4.69) is 6.92 Å². The summed E-state index contributed by atoms with van der Waals surface area (Å²) in [4.78, 5) is 0. The quantitative estimate of drug-likeness (QED) is 0.199. The Kier molecular flexibility index (Phi) is 8.95. The molecule has 0 aromatic heterocycles. The van der Waals surface area contributed by atoms with Gasteiger partial charge < -0.3 is 15.3 Å². The Morgan fingerprint density at radius 1 is 0.667 bits per heavy atom. The van der Waals surface area contributed by atoms with Gasteiger partial charge in [0.25, 0.3) is 5.97 Å². The number of benzene rings is 2. The van der Waals surface area contributed by atoms with Crippen molar-refractivity contribution in [3.05, 3.63) is 59.2 Å². The lowest BCUT2D eigenvalue weighted by atomic mass is 9.89. The van der Waals surface area contributed by atoms with Crippen molar-refractivity contribution in [3.8, 4) is 11.1 Å². The van der Waals surface area contributed by atoms with Crippen molar-refractivity contribution in [2.75, 3.05) is 0 Å². The first-order valence-electron chi connectivity index (χ1n) is 10.8. The molecule has 1 unspecified atom stereocenters. The lowest BCUT2D eigenvalue weighted by Crippen LogP contribution is -2.35. The Labute approximate surface area is 188 Å². The number of unbranched alkanes of at least 4 members (excludes halogenated alkanes) is 5. The minimum absolute atomic E-state index is 0.0616. The van der Waals surface area contributed by atoms with Gasteiger partial charge in [0.2, 0.25) is 0 Å². The third-order valence-corrected chi connectivity index (χ3v) is 5.55. The van der Waals surface area contributed by atoms with Gasteiger partial charge in [-0.1, -0.05) is 69.7 Å². The number of rotatable bonds is 10. The van der Waals surface area contributed by atoms with Crippen LogP contribution in [0.3, 0.4) is 0 Å². The van der Waals surface area contributed by atoms with Crippen LogP contribution in [0.1, 0.15) is 74.5 Å². The fraction of sp³-hybridized carbons (Fsp3) is 0.500. The van der Waals surface area contributed by atoms with Crippen LogP contribution >= 0.6 is 0 Å². The molecule has 33 heavy (non-hydrogen) atoms. The zero-order valence-corrected chi connectivity index (χ0v) is 18.2. The largest absolute Gasteiger partial charge is 0.416 e. The van der Waals surface area contributed by atoms with E-state index in [0.717, 1.165) is 32.1 Å². The molecule has 0 saturated heterocycles. The van der Waals surface area contributed by atoms with Crippen molar-refractivity contribution >= 4 is 0 Å². The van der Waals surface area contributed by atoms with E-state index in [0.29, 0.717) is 24.1 Å². The minimum atomic E-state index is -4.96. The van der Waals surface area contributed by atoms with Crippen LogP contribution in [0.15, 0.2) is 42.5 Å². The Hall–Kier alpha value is -2.10. The molecule has 2 aromatic rings. The maximum atomic E-state index is 13.1. The lowest BCUT2D eigenvalue weighted by molar-refractivity contribution is -0.326. The molecule has 2 aromatic carbocycles. The van der Waals surface area contributed by atoms with Gasteiger partial charge in [-0.25, -0.2) is 0 Å². The normalized spacial score (nSPS) is 13.9. The van der Waals surface area contributed by atoms with Gasteiger partial charge in [0.15, 0.2) is 0 Å². The number of aliphatic hydroxyl groups is 3. The van der Waals surface area contributed by atoms with Crippen LogP contribution in [0.4, 0.5) is 26.3 Å². The predicted molar refractivity (Wildman–Crippen MR) is 112 cm³/mol. The van der Waals surface area contributed by atoms with Gasteiger partial charge in [-0.15, -0.1) is 0 Å². The van der Waals surface area contributed by atoms with Crippen LogP contribution in [0.2, 0.25) is 0 Å². The van der Waals surface area contributed by atoms with E-state index in [1.54, 1.807) is 0 Å². The van der Waals surface area contributed by atoms with Crippen molar-refractivity contribution in [1.29, 1.82) is 0 Å². The average Bonchev–Trinajstić information content (AvgIpc) is 2.71. The first-order chi connectivity index (χ1) is 15.2. The molecule has 0 amide bonds. The molecule has 184 valence electrons. The van der Waals surface area contributed by atoms with E-state index in [9.17, 15) is 41.7 Å². The van der Waals surface area contributed by atoms with E-state index in [-0.39, 0.29) is 23.6 Å². The Balaban J connectivity index is 2.28. The van der Waals surface area contributed by atoms with Crippen LogP contribution in [0, 0.1) is 0 Å². The zero-order chi connectivity index (χ0) is 24.9. The topological polar surface area (TPSA) is 60.7 Å². The highest BCUT2D eigenvalue weighted by Gasteiger charge is 2.37. The highest BCUT2D eigenvalue weighted by Crippen LogP contribution is 2.39. The van der Waals surface area contributed by atoms with Gasteiger partial charge in [0, 0.05) is 0 Å². The number of alkyl halides is 6. The Bertz CT molecular complexity index is 851. The molecule has 2 rings (SSSR count). The minimum Gasteiger partial charge on any atom is -0.343 e. The number of hydrogen-bond donors (Lipinski definition) is 3. The van der Waals surface area contributed by atoms with Crippen molar-refractivity contribution < 1.29 is 41.7 Å². The summed E-state index contributed by atoms with van der Waals surface area (Å²) in [7, 11) is 0. The Morgan fingerprint density at radius 3 is 1.61 bits per heavy atom. The average molecular weight is 478 g/mol. The van der Waals surface area contributed by atoms with Crippen LogP contribution in [-0.2, 0) is 12.4 Å². The van der Waals surface area contributed by atoms with E-state index in [1.165, 1.54) is 24.3 Å². The van der Waals surface area contributed by atoms with Crippen molar-refractivity contribution in [3.63, 3.8) is 0 Å². The maximum Gasteiger partial charge on any atom is 0.416 e. The molecule has 1 atom stereocenters. The first kappa shape index (κ1) is 27.1. The summed E-state index contributed by atoms with van der Waals surface area (Å²) in [6.45, 7) is 2.08. The molecule has 0 heterocycles. The number of hydrogen-bond acceptors (Lipinski definition) is 3. The molecule has 0 fully saturated rings. The third-order valence-electron chi connectivity index (χ3n) is 5.55. The highest BCUT2D eigenvalue weighted by molar-refractivity contribution is 5.66. The zero-order valence-electron chi connectivity index (χ0n) is 18.2. The molecule has 0 bridgehead atoms. The second-order valence-corrected chi connectivity index (χ2v) is 8.21. The molecular formula is C24H28F6O3. The van der Waals surface area contributed by atoms with Gasteiger partial charge >= 0.3 is 12.4 Å². The van der Waals surface area contributed by atoms with E-state index >= 15 is 0 Å². The van der Waals surface area contributed by atoms with Gasteiger partial charge in [-0.3, -0.25) is 0 Å². The molecule has 9 heteroatoms. The second-order valence-electron chi connectivity index (χ2n) is 8.21. The molecular weight excluding hydrogens is 450 g/mol. The molecule has 0 spiro atoms. The SMILES string of the molecule is CCCCCCCCC(c1ccc(-c2cc(C(F)(F)F)cc(C(F)(F)F)c2)cc1)C(O)(O)O.